The Bertz CT molecular complexity index is 903. The van der Waals surface area contributed by atoms with Crippen LogP contribution in [0.15, 0.2) is 61.2 Å². The molecule has 2 aromatic heterocycles. The van der Waals surface area contributed by atoms with Crippen molar-refractivity contribution in [3.05, 3.63) is 72.4 Å². The minimum atomic E-state index is -0.0585. The first-order valence-electron chi connectivity index (χ1n) is 9.03. The van der Waals surface area contributed by atoms with Gasteiger partial charge in [-0.2, -0.15) is 0 Å². The summed E-state index contributed by atoms with van der Waals surface area (Å²) in [7, 11) is 0. The molecule has 1 fully saturated rings. The Morgan fingerprint density at radius 2 is 1.93 bits per heavy atom. The summed E-state index contributed by atoms with van der Waals surface area (Å²) < 4.78 is 0. The van der Waals surface area contributed by atoms with Gasteiger partial charge in [-0.15, -0.1) is 0 Å². The molecule has 0 radical (unpaired) electrons. The Morgan fingerprint density at radius 3 is 2.74 bits per heavy atom. The van der Waals surface area contributed by atoms with E-state index in [1.165, 1.54) is 0 Å². The average molecular weight is 360 g/mol. The first-order chi connectivity index (χ1) is 13.3. The molecule has 1 saturated heterocycles. The van der Waals surface area contributed by atoms with E-state index in [9.17, 15) is 4.79 Å². The van der Waals surface area contributed by atoms with E-state index in [4.69, 9.17) is 0 Å². The minimum Gasteiger partial charge on any atom is -0.330 e. The first kappa shape index (κ1) is 17.1. The highest BCUT2D eigenvalue weighted by Crippen LogP contribution is 2.31. The maximum absolute atomic E-state index is 13.0. The Morgan fingerprint density at radius 1 is 1.04 bits per heavy atom. The van der Waals surface area contributed by atoms with Crippen molar-refractivity contribution in [3.8, 4) is 0 Å². The van der Waals surface area contributed by atoms with Crippen molar-refractivity contribution >= 4 is 17.7 Å². The van der Waals surface area contributed by atoms with Gasteiger partial charge in [-0.3, -0.25) is 9.78 Å². The Balaban J connectivity index is 1.58. The SMILES string of the molecule is O=C(c1ccccc1)N1CCCCC1c1ccnc(Nc2cnccn2)n1. The molecule has 1 unspecified atom stereocenters. The van der Waals surface area contributed by atoms with Gasteiger partial charge in [0, 0.05) is 30.7 Å². The molecule has 3 heterocycles. The zero-order valence-electron chi connectivity index (χ0n) is 14.8. The van der Waals surface area contributed by atoms with Crippen LogP contribution >= 0.6 is 0 Å². The van der Waals surface area contributed by atoms with Crippen LogP contribution in [0, 0.1) is 0 Å². The second kappa shape index (κ2) is 7.90. The molecule has 0 saturated carbocycles. The van der Waals surface area contributed by atoms with Crippen molar-refractivity contribution in [1.29, 1.82) is 0 Å². The Hall–Kier alpha value is -3.35. The van der Waals surface area contributed by atoms with Crippen molar-refractivity contribution in [2.24, 2.45) is 0 Å². The van der Waals surface area contributed by atoms with E-state index < -0.39 is 0 Å². The van der Waals surface area contributed by atoms with Crippen LogP contribution in [0.5, 0.6) is 0 Å². The number of piperidine rings is 1. The van der Waals surface area contributed by atoms with Gasteiger partial charge in [0.05, 0.1) is 17.9 Å². The second-order valence-corrected chi connectivity index (χ2v) is 6.40. The van der Waals surface area contributed by atoms with Crippen LogP contribution in [0.3, 0.4) is 0 Å². The molecule has 1 N–H and O–H groups in total. The summed E-state index contributed by atoms with van der Waals surface area (Å²) in [6, 6.07) is 11.2. The van der Waals surface area contributed by atoms with E-state index in [0.29, 0.717) is 17.3 Å². The highest BCUT2D eigenvalue weighted by atomic mass is 16.2. The van der Waals surface area contributed by atoms with E-state index in [1.807, 2.05) is 41.3 Å². The number of carbonyl (C=O) groups is 1. The maximum Gasteiger partial charge on any atom is 0.254 e. The molecule has 1 aliphatic heterocycles. The number of anilines is 2. The van der Waals surface area contributed by atoms with Gasteiger partial charge in [0.1, 0.15) is 0 Å². The number of likely N-dealkylation sites (tertiary alicyclic amines) is 1. The summed E-state index contributed by atoms with van der Waals surface area (Å²) in [6.07, 6.45) is 9.50. The number of rotatable bonds is 4. The molecule has 1 amide bonds. The van der Waals surface area contributed by atoms with E-state index >= 15 is 0 Å². The highest BCUT2D eigenvalue weighted by molar-refractivity contribution is 5.94. The van der Waals surface area contributed by atoms with Crippen molar-refractivity contribution < 1.29 is 4.79 Å². The number of amides is 1. The van der Waals surface area contributed by atoms with Crippen LogP contribution in [0.1, 0.15) is 41.4 Å². The standard InChI is InChI=1S/C20H20N6O/c27-19(15-6-2-1-3-7-15)26-13-5-4-8-17(26)16-9-10-23-20(24-16)25-18-14-21-11-12-22-18/h1-3,6-7,9-12,14,17H,4-5,8,13H2,(H,22,23,24,25). The zero-order chi connectivity index (χ0) is 18.5. The summed E-state index contributed by atoms with van der Waals surface area (Å²) in [5.41, 5.74) is 1.54. The van der Waals surface area contributed by atoms with Crippen molar-refractivity contribution in [1.82, 2.24) is 24.8 Å². The van der Waals surface area contributed by atoms with E-state index in [0.717, 1.165) is 31.5 Å². The minimum absolute atomic E-state index is 0.0438. The van der Waals surface area contributed by atoms with Gasteiger partial charge < -0.3 is 10.2 Å². The van der Waals surface area contributed by atoms with Crippen LogP contribution in [-0.4, -0.2) is 37.3 Å². The number of carbonyl (C=O) groups excluding carboxylic acids is 1. The van der Waals surface area contributed by atoms with Crippen LogP contribution < -0.4 is 5.32 Å². The number of benzene rings is 1. The third kappa shape index (κ3) is 3.92. The van der Waals surface area contributed by atoms with E-state index in [1.54, 1.807) is 24.8 Å². The van der Waals surface area contributed by atoms with Gasteiger partial charge in [0.15, 0.2) is 5.82 Å². The molecule has 0 aliphatic carbocycles. The summed E-state index contributed by atoms with van der Waals surface area (Å²) in [5.74, 6) is 1.07. The molecular formula is C20H20N6O. The van der Waals surface area contributed by atoms with Crippen LogP contribution in [0.25, 0.3) is 0 Å². The molecule has 0 spiro atoms. The average Bonchev–Trinajstić information content (AvgIpc) is 2.75. The predicted molar refractivity (Wildman–Crippen MR) is 101 cm³/mol. The predicted octanol–water partition coefficient (Wildman–Crippen LogP) is 3.38. The van der Waals surface area contributed by atoms with Crippen LogP contribution in [0.4, 0.5) is 11.8 Å². The topological polar surface area (TPSA) is 83.9 Å². The maximum atomic E-state index is 13.0. The molecule has 1 aromatic carbocycles. The Kier molecular flexibility index (Phi) is 5.00. The van der Waals surface area contributed by atoms with Gasteiger partial charge in [-0.1, -0.05) is 18.2 Å². The summed E-state index contributed by atoms with van der Waals surface area (Å²) in [6.45, 7) is 0.731. The molecule has 4 rings (SSSR count). The largest absolute Gasteiger partial charge is 0.330 e. The molecular weight excluding hydrogens is 340 g/mol. The molecule has 1 aliphatic rings. The number of nitrogens with zero attached hydrogens (tertiary/aromatic N) is 5. The van der Waals surface area contributed by atoms with E-state index in [2.05, 4.69) is 25.3 Å². The molecule has 7 nitrogen and oxygen atoms in total. The lowest BCUT2D eigenvalue weighted by atomic mass is 9.98. The summed E-state index contributed by atoms with van der Waals surface area (Å²) in [5, 5.41) is 3.06. The summed E-state index contributed by atoms with van der Waals surface area (Å²) >= 11 is 0. The van der Waals surface area contributed by atoms with Gasteiger partial charge >= 0.3 is 0 Å². The molecule has 1 atom stereocenters. The normalized spacial score (nSPS) is 16.7. The fraction of sp³-hybridized carbons (Fsp3) is 0.250. The van der Waals surface area contributed by atoms with Crippen molar-refractivity contribution in [2.75, 3.05) is 11.9 Å². The quantitative estimate of drug-likeness (QED) is 0.768. The highest BCUT2D eigenvalue weighted by Gasteiger charge is 2.29. The smallest absolute Gasteiger partial charge is 0.254 e. The van der Waals surface area contributed by atoms with Crippen LogP contribution in [0.2, 0.25) is 0 Å². The lowest BCUT2D eigenvalue weighted by Gasteiger charge is -2.35. The fourth-order valence-corrected chi connectivity index (χ4v) is 3.33. The van der Waals surface area contributed by atoms with Gasteiger partial charge in [-0.25, -0.2) is 15.0 Å². The number of hydrogen-bond donors (Lipinski definition) is 1. The zero-order valence-corrected chi connectivity index (χ0v) is 14.8. The monoisotopic (exact) mass is 360 g/mol. The number of nitrogens with one attached hydrogen (secondary N) is 1. The number of aromatic nitrogens is 4. The van der Waals surface area contributed by atoms with Crippen molar-refractivity contribution in [2.45, 2.75) is 25.3 Å². The molecule has 27 heavy (non-hydrogen) atoms. The van der Waals surface area contributed by atoms with Gasteiger partial charge in [0.25, 0.3) is 5.91 Å². The lowest BCUT2D eigenvalue weighted by Crippen LogP contribution is -2.38. The first-order valence-corrected chi connectivity index (χ1v) is 9.03. The molecule has 3 aromatic rings. The molecule has 136 valence electrons. The van der Waals surface area contributed by atoms with Crippen molar-refractivity contribution in [3.63, 3.8) is 0 Å². The summed E-state index contributed by atoms with van der Waals surface area (Å²) in [4.78, 5) is 32.0. The second-order valence-electron chi connectivity index (χ2n) is 6.40. The third-order valence-corrected chi connectivity index (χ3v) is 4.61. The van der Waals surface area contributed by atoms with Gasteiger partial charge in [0.2, 0.25) is 5.95 Å². The van der Waals surface area contributed by atoms with E-state index in [-0.39, 0.29) is 11.9 Å². The lowest BCUT2D eigenvalue weighted by molar-refractivity contribution is 0.0606. The Labute approximate surface area is 157 Å². The molecule has 7 heteroatoms. The number of hydrogen-bond acceptors (Lipinski definition) is 6. The molecule has 0 bridgehead atoms. The van der Waals surface area contributed by atoms with Crippen LogP contribution in [-0.2, 0) is 0 Å². The fourth-order valence-electron chi connectivity index (χ4n) is 3.33. The van der Waals surface area contributed by atoms with Gasteiger partial charge in [-0.05, 0) is 37.5 Å². The third-order valence-electron chi connectivity index (χ3n) is 4.61.